The summed E-state index contributed by atoms with van der Waals surface area (Å²) in [7, 11) is 1.37. The molecule has 1 aromatic heterocycles. The Hall–Kier alpha value is -2.09. The maximum atomic E-state index is 13.3. The van der Waals surface area contributed by atoms with E-state index < -0.39 is 11.8 Å². The molecule has 0 saturated carbocycles. The molecule has 106 valence electrons. The number of halogens is 1. The first kappa shape index (κ1) is 14.3. The normalized spacial score (nSPS) is 10.5. The number of nitrogens with zero attached hydrogens (tertiary/aromatic N) is 2. The molecule has 2 aromatic rings. The summed E-state index contributed by atoms with van der Waals surface area (Å²) in [4.78, 5) is 14.5. The number of methoxy groups -OCH3 is 1. The zero-order chi connectivity index (χ0) is 14.5. The summed E-state index contributed by atoms with van der Waals surface area (Å²) in [6.07, 6.45) is 0. The van der Waals surface area contributed by atoms with Crippen molar-refractivity contribution in [2.24, 2.45) is 0 Å². The summed E-state index contributed by atoms with van der Waals surface area (Å²) in [5.41, 5.74) is 0.557. The Kier molecular flexibility index (Phi) is 4.57. The topological polar surface area (TPSA) is 85.5 Å². The molecule has 0 fully saturated rings. The molecule has 1 N–H and O–H groups in total. The molecule has 0 bridgehead atoms. The molecule has 1 heterocycles. The molecular weight excluding hydrogens is 287 g/mol. The molecule has 0 aliphatic rings. The first-order valence-corrected chi connectivity index (χ1v) is 6.71. The highest BCUT2D eigenvalue weighted by molar-refractivity contribution is 7.99. The predicted octanol–water partition coefficient (Wildman–Crippen LogP) is 2.20. The molecule has 0 unspecified atom stereocenters. The third-order valence-electron chi connectivity index (χ3n) is 2.33. The quantitative estimate of drug-likeness (QED) is 0.875. The van der Waals surface area contributed by atoms with Crippen molar-refractivity contribution in [3.05, 3.63) is 29.9 Å². The van der Waals surface area contributed by atoms with Crippen molar-refractivity contribution in [2.45, 2.75) is 5.75 Å². The van der Waals surface area contributed by atoms with Gasteiger partial charge >= 0.3 is 5.97 Å². The molecular formula is C12H11FN2O4S. The number of aromatic nitrogens is 2. The summed E-state index contributed by atoms with van der Waals surface area (Å²) >= 11 is 1.15. The van der Waals surface area contributed by atoms with Crippen LogP contribution in [0.4, 0.5) is 4.39 Å². The number of hydrogen-bond acceptors (Lipinski definition) is 6. The number of carboxylic acid groups (broad SMARTS) is 1. The lowest BCUT2D eigenvalue weighted by atomic mass is 10.2. The second-order valence-corrected chi connectivity index (χ2v) is 4.73. The maximum Gasteiger partial charge on any atom is 0.313 e. The van der Waals surface area contributed by atoms with E-state index in [9.17, 15) is 9.18 Å². The van der Waals surface area contributed by atoms with Gasteiger partial charge in [0.15, 0.2) is 11.6 Å². The van der Waals surface area contributed by atoms with Crippen LogP contribution < -0.4 is 4.74 Å². The van der Waals surface area contributed by atoms with Gasteiger partial charge in [-0.2, -0.15) is 4.98 Å². The van der Waals surface area contributed by atoms with E-state index in [0.717, 1.165) is 11.8 Å². The van der Waals surface area contributed by atoms with Crippen LogP contribution in [0.1, 0.15) is 5.89 Å². The fourth-order valence-electron chi connectivity index (χ4n) is 1.46. The van der Waals surface area contributed by atoms with E-state index in [0.29, 0.717) is 23.0 Å². The van der Waals surface area contributed by atoms with Gasteiger partial charge in [-0.05, 0) is 18.2 Å². The van der Waals surface area contributed by atoms with E-state index in [1.54, 1.807) is 0 Å². The molecule has 0 atom stereocenters. The lowest BCUT2D eigenvalue weighted by Crippen LogP contribution is -1.98. The molecule has 0 spiro atoms. The Bertz CT molecular complexity index is 617. The van der Waals surface area contributed by atoms with E-state index in [4.69, 9.17) is 14.4 Å². The van der Waals surface area contributed by atoms with Crippen LogP contribution in [0.15, 0.2) is 22.7 Å². The van der Waals surface area contributed by atoms with Gasteiger partial charge in [-0.3, -0.25) is 4.79 Å². The number of benzene rings is 1. The van der Waals surface area contributed by atoms with Crippen LogP contribution in [-0.2, 0) is 10.5 Å². The standard InChI is InChI=1S/C12H11FN2O4S/c1-18-9-4-7(2-3-8(9)13)12-14-10(19-15-12)5-20-6-11(16)17/h2-4H,5-6H2,1H3,(H,16,17). The minimum atomic E-state index is -0.905. The van der Waals surface area contributed by atoms with Gasteiger partial charge in [0.25, 0.3) is 0 Å². The minimum Gasteiger partial charge on any atom is -0.494 e. The number of aliphatic carboxylic acids is 1. The number of thioether (sulfide) groups is 1. The van der Waals surface area contributed by atoms with Crippen molar-refractivity contribution in [1.29, 1.82) is 0 Å². The van der Waals surface area contributed by atoms with E-state index in [1.165, 1.54) is 25.3 Å². The van der Waals surface area contributed by atoms with E-state index in [2.05, 4.69) is 10.1 Å². The highest BCUT2D eigenvalue weighted by atomic mass is 32.2. The van der Waals surface area contributed by atoms with Crippen molar-refractivity contribution in [2.75, 3.05) is 12.9 Å². The average molecular weight is 298 g/mol. The molecule has 2 rings (SSSR count). The van der Waals surface area contributed by atoms with Crippen LogP contribution >= 0.6 is 11.8 Å². The monoisotopic (exact) mass is 298 g/mol. The van der Waals surface area contributed by atoms with E-state index >= 15 is 0 Å². The summed E-state index contributed by atoms with van der Waals surface area (Å²) in [6.45, 7) is 0. The third kappa shape index (κ3) is 3.47. The van der Waals surface area contributed by atoms with Gasteiger partial charge in [-0.15, -0.1) is 11.8 Å². The smallest absolute Gasteiger partial charge is 0.313 e. The number of carbonyl (C=O) groups is 1. The first-order valence-electron chi connectivity index (χ1n) is 5.56. The van der Waals surface area contributed by atoms with Crippen LogP contribution in [0.2, 0.25) is 0 Å². The number of rotatable bonds is 6. The van der Waals surface area contributed by atoms with Gasteiger partial charge in [-0.1, -0.05) is 5.16 Å². The molecule has 0 aliphatic carbocycles. The Morgan fingerprint density at radius 3 is 3.05 bits per heavy atom. The zero-order valence-electron chi connectivity index (χ0n) is 10.5. The van der Waals surface area contributed by atoms with Crippen molar-refractivity contribution >= 4 is 17.7 Å². The second kappa shape index (κ2) is 6.38. The SMILES string of the molecule is COc1cc(-c2noc(CSCC(=O)O)n2)ccc1F. The van der Waals surface area contributed by atoms with Crippen molar-refractivity contribution < 1.29 is 23.6 Å². The van der Waals surface area contributed by atoms with E-state index in [1.807, 2.05) is 0 Å². The highest BCUT2D eigenvalue weighted by Crippen LogP contribution is 2.25. The summed E-state index contributed by atoms with van der Waals surface area (Å²) in [5, 5.41) is 12.3. The average Bonchev–Trinajstić information content (AvgIpc) is 2.87. The predicted molar refractivity (Wildman–Crippen MR) is 70.0 cm³/mol. The molecule has 8 heteroatoms. The zero-order valence-corrected chi connectivity index (χ0v) is 11.3. The van der Waals surface area contributed by atoms with Crippen molar-refractivity contribution in [3.63, 3.8) is 0 Å². The fraction of sp³-hybridized carbons (Fsp3) is 0.250. The molecule has 0 radical (unpaired) electrons. The van der Waals surface area contributed by atoms with E-state index in [-0.39, 0.29) is 11.5 Å². The van der Waals surface area contributed by atoms with Crippen LogP contribution in [0.5, 0.6) is 5.75 Å². The number of ether oxygens (including phenoxy) is 1. The molecule has 20 heavy (non-hydrogen) atoms. The third-order valence-corrected chi connectivity index (χ3v) is 3.23. The highest BCUT2D eigenvalue weighted by Gasteiger charge is 2.12. The largest absolute Gasteiger partial charge is 0.494 e. The Morgan fingerprint density at radius 1 is 1.55 bits per heavy atom. The van der Waals surface area contributed by atoms with Gasteiger partial charge in [0.2, 0.25) is 11.7 Å². The van der Waals surface area contributed by atoms with Crippen LogP contribution in [0.3, 0.4) is 0 Å². The molecule has 1 aromatic carbocycles. The van der Waals surface area contributed by atoms with Crippen molar-refractivity contribution in [1.82, 2.24) is 10.1 Å². The lowest BCUT2D eigenvalue weighted by Gasteiger charge is -2.02. The lowest BCUT2D eigenvalue weighted by molar-refractivity contribution is -0.133. The Labute approximate surface area is 117 Å². The number of hydrogen-bond donors (Lipinski definition) is 1. The minimum absolute atomic E-state index is 0.0396. The van der Waals surface area contributed by atoms with Gasteiger partial charge in [-0.25, -0.2) is 4.39 Å². The molecule has 0 aliphatic heterocycles. The van der Waals surface area contributed by atoms with Gasteiger partial charge in [0, 0.05) is 5.56 Å². The maximum absolute atomic E-state index is 13.3. The van der Waals surface area contributed by atoms with Crippen LogP contribution in [0, 0.1) is 5.82 Å². The summed E-state index contributed by atoms with van der Waals surface area (Å²) < 4.78 is 23.2. The fourth-order valence-corrected chi connectivity index (χ4v) is 2.02. The van der Waals surface area contributed by atoms with Crippen molar-refractivity contribution in [3.8, 4) is 17.1 Å². The van der Waals surface area contributed by atoms with Gasteiger partial charge < -0.3 is 14.4 Å². The molecule has 0 saturated heterocycles. The summed E-state index contributed by atoms with van der Waals surface area (Å²) in [6, 6.07) is 4.23. The Balaban J connectivity index is 2.10. The second-order valence-electron chi connectivity index (χ2n) is 3.75. The molecule has 6 nitrogen and oxygen atoms in total. The first-order chi connectivity index (χ1) is 9.60. The van der Waals surface area contributed by atoms with Gasteiger partial charge in [0.1, 0.15) is 0 Å². The van der Waals surface area contributed by atoms with Gasteiger partial charge in [0.05, 0.1) is 18.6 Å². The number of carboxylic acids is 1. The Morgan fingerprint density at radius 2 is 2.35 bits per heavy atom. The van der Waals surface area contributed by atoms with Crippen LogP contribution in [0.25, 0.3) is 11.4 Å². The summed E-state index contributed by atoms with van der Waals surface area (Å²) in [5.74, 6) is -0.410. The van der Waals surface area contributed by atoms with Crippen LogP contribution in [-0.4, -0.2) is 34.1 Å². The molecule has 0 amide bonds.